The third kappa shape index (κ3) is 5.82. The van der Waals surface area contributed by atoms with Crippen LogP contribution in [0.15, 0.2) is 54.6 Å². The van der Waals surface area contributed by atoms with Crippen molar-refractivity contribution < 1.29 is 4.79 Å². The number of benzene rings is 2. The van der Waals surface area contributed by atoms with Gasteiger partial charge in [0.2, 0.25) is 5.91 Å². The molecule has 0 saturated carbocycles. The summed E-state index contributed by atoms with van der Waals surface area (Å²) in [6, 6.07) is 15.2. The number of rotatable bonds is 6. The molecule has 1 aliphatic rings. The summed E-state index contributed by atoms with van der Waals surface area (Å²) >= 11 is 12.1. The van der Waals surface area contributed by atoms with Gasteiger partial charge < -0.3 is 5.32 Å². The second-order valence-corrected chi connectivity index (χ2v) is 7.78. The molecule has 1 aliphatic heterocycles. The Morgan fingerprint density at radius 3 is 2.50 bits per heavy atom. The Hall–Kier alpha value is -1.85. The number of nitrogens with zero attached hydrogens (tertiary/aromatic N) is 2. The summed E-state index contributed by atoms with van der Waals surface area (Å²) in [5.41, 5.74) is 1.81. The first-order valence-corrected chi connectivity index (χ1v) is 10.2. The summed E-state index contributed by atoms with van der Waals surface area (Å²) in [4.78, 5) is 17.2. The van der Waals surface area contributed by atoms with E-state index in [1.807, 2.05) is 25.1 Å². The zero-order valence-electron chi connectivity index (χ0n) is 15.9. The van der Waals surface area contributed by atoms with Crippen molar-refractivity contribution in [2.45, 2.75) is 13.0 Å². The molecule has 1 N–H and O–H groups in total. The summed E-state index contributed by atoms with van der Waals surface area (Å²) in [6.07, 6.45) is 4.35. The van der Waals surface area contributed by atoms with Gasteiger partial charge in [-0.15, -0.1) is 0 Å². The number of nitrogens with one attached hydrogen (secondary N) is 1. The average molecular weight is 418 g/mol. The van der Waals surface area contributed by atoms with Crippen LogP contribution in [0.25, 0.3) is 6.08 Å². The highest BCUT2D eigenvalue weighted by Crippen LogP contribution is 2.25. The highest BCUT2D eigenvalue weighted by atomic mass is 35.5. The van der Waals surface area contributed by atoms with Gasteiger partial charge in [0.1, 0.15) is 0 Å². The van der Waals surface area contributed by atoms with Crippen molar-refractivity contribution in [3.63, 3.8) is 0 Å². The first-order valence-electron chi connectivity index (χ1n) is 9.47. The van der Waals surface area contributed by atoms with E-state index in [1.54, 1.807) is 18.2 Å². The summed E-state index contributed by atoms with van der Waals surface area (Å²) in [6.45, 7) is 6.47. The molecule has 0 radical (unpaired) electrons. The van der Waals surface area contributed by atoms with Gasteiger partial charge in [-0.2, -0.15) is 0 Å². The second kappa shape index (κ2) is 10.1. The zero-order valence-corrected chi connectivity index (χ0v) is 17.5. The number of carbonyl (C=O) groups is 1. The van der Waals surface area contributed by atoms with Gasteiger partial charge in [0.15, 0.2) is 0 Å². The van der Waals surface area contributed by atoms with Crippen molar-refractivity contribution >= 4 is 40.9 Å². The van der Waals surface area contributed by atoms with E-state index in [-0.39, 0.29) is 11.9 Å². The van der Waals surface area contributed by atoms with Gasteiger partial charge in [-0.05, 0) is 30.7 Å². The molecular weight excluding hydrogens is 393 g/mol. The fraction of sp³-hybridized carbons (Fsp3) is 0.318. The lowest BCUT2D eigenvalue weighted by Crippen LogP contribution is -2.52. The van der Waals surface area contributed by atoms with Gasteiger partial charge in [0.25, 0.3) is 0 Å². The van der Waals surface area contributed by atoms with Gasteiger partial charge >= 0.3 is 0 Å². The van der Waals surface area contributed by atoms with Crippen LogP contribution in [0.5, 0.6) is 0 Å². The van der Waals surface area contributed by atoms with E-state index in [4.69, 9.17) is 23.2 Å². The van der Waals surface area contributed by atoms with Crippen molar-refractivity contribution in [3.8, 4) is 0 Å². The first-order chi connectivity index (χ1) is 13.5. The van der Waals surface area contributed by atoms with E-state index in [9.17, 15) is 4.79 Å². The Morgan fingerprint density at radius 1 is 1.11 bits per heavy atom. The van der Waals surface area contributed by atoms with Crippen molar-refractivity contribution in [2.75, 3.05) is 38.0 Å². The number of amides is 1. The van der Waals surface area contributed by atoms with E-state index in [2.05, 4.69) is 39.4 Å². The van der Waals surface area contributed by atoms with E-state index in [1.165, 1.54) is 5.56 Å². The lowest BCUT2D eigenvalue weighted by atomic mass is 10.2. The quantitative estimate of drug-likeness (QED) is 0.742. The van der Waals surface area contributed by atoms with Crippen molar-refractivity contribution in [3.05, 3.63) is 70.2 Å². The Labute approximate surface area is 176 Å². The van der Waals surface area contributed by atoms with Crippen molar-refractivity contribution in [1.29, 1.82) is 0 Å². The Bertz CT molecular complexity index is 818. The molecule has 148 valence electrons. The topological polar surface area (TPSA) is 35.6 Å². The number of piperazine rings is 1. The number of hydrogen-bond donors (Lipinski definition) is 1. The molecule has 1 amide bonds. The van der Waals surface area contributed by atoms with Crippen LogP contribution in [0.3, 0.4) is 0 Å². The molecule has 28 heavy (non-hydrogen) atoms. The molecule has 0 aromatic heterocycles. The first kappa shape index (κ1) is 20.9. The van der Waals surface area contributed by atoms with Crippen molar-refractivity contribution in [2.24, 2.45) is 0 Å². The Morgan fingerprint density at radius 2 is 1.82 bits per heavy atom. The second-order valence-electron chi connectivity index (χ2n) is 6.94. The molecule has 0 aliphatic carbocycles. The maximum absolute atomic E-state index is 12.6. The van der Waals surface area contributed by atoms with Crippen LogP contribution in [0, 0.1) is 0 Å². The van der Waals surface area contributed by atoms with Crippen LogP contribution in [-0.2, 0) is 4.79 Å². The number of halogens is 2. The van der Waals surface area contributed by atoms with Gasteiger partial charge in [-0.25, -0.2) is 0 Å². The van der Waals surface area contributed by atoms with Crippen LogP contribution < -0.4 is 5.32 Å². The monoisotopic (exact) mass is 417 g/mol. The van der Waals surface area contributed by atoms with Crippen molar-refractivity contribution in [1.82, 2.24) is 9.80 Å². The Kier molecular flexibility index (Phi) is 7.51. The molecule has 1 atom stereocenters. The maximum atomic E-state index is 12.6. The standard InChI is InChI=1S/C22H25Cl2N3O/c1-17(22(28)25-21-10-9-19(23)16-20(21)24)27-14-12-26(13-15-27)11-5-8-18-6-3-2-4-7-18/h2-10,16-17H,11-15H2,1H3,(H,25,28)/b8-5+/t17-/m1/s1. The smallest absolute Gasteiger partial charge is 0.241 e. The SMILES string of the molecule is C[C@H](C(=O)Nc1ccc(Cl)cc1Cl)N1CCN(C/C=C/c2ccccc2)CC1. The predicted molar refractivity (Wildman–Crippen MR) is 118 cm³/mol. The molecule has 0 bridgehead atoms. The van der Waals surface area contributed by atoms with Gasteiger partial charge in [0.05, 0.1) is 16.8 Å². The highest BCUT2D eigenvalue weighted by Gasteiger charge is 2.25. The lowest BCUT2D eigenvalue weighted by molar-refractivity contribution is -0.121. The minimum atomic E-state index is -0.214. The van der Waals surface area contributed by atoms with E-state index >= 15 is 0 Å². The molecule has 3 rings (SSSR count). The average Bonchev–Trinajstić information content (AvgIpc) is 2.71. The van der Waals surface area contributed by atoms with E-state index in [0.29, 0.717) is 15.7 Å². The number of anilines is 1. The fourth-order valence-electron chi connectivity index (χ4n) is 3.23. The van der Waals surface area contributed by atoms with Crippen LogP contribution in [0.4, 0.5) is 5.69 Å². The predicted octanol–water partition coefficient (Wildman–Crippen LogP) is 4.65. The Balaban J connectivity index is 1.46. The molecule has 1 saturated heterocycles. The molecule has 0 unspecified atom stereocenters. The molecule has 1 fully saturated rings. The molecule has 6 heteroatoms. The molecule has 1 heterocycles. The molecule has 4 nitrogen and oxygen atoms in total. The normalized spacial score (nSPS) is 17.0. The summed E-state index contributed by atoms with van der Waals surface area (Å²) in [5.74, 6) is -0.0540. The number of hydrogen-bond acceptors (Lipinski definition) is 3. The summed E-state index contributed by atoms with van der Waals surface area (Å²) < 4.78 is 0. The largest absolute Gasteiger partial charge is 0.323 e. The maximum Gasteiger partial charge on any atom is 0.241 e. The highest BCUT2D eigenvalue weighted by molar-refractivity contribution is 6.36. The van der Waals surface area contributed by atoms with Gasteiger partial charge in [-0.3, -0.25) is 14.6 Å². The minimum absolute atomic E-state index is 0.0540. The molecule has 0 spiro atoms. The molecule has 2 aromatic carbocycles. The van der Waals surface area contributed by atoms with Gasteiger partial charge in [0, 0.05) is 37.7 Å². The molecule has 2 aromatic rings. The third-order valence-electron chi connectivity index (χ3n) is 5.00. The van der Waals surface area contributed by atoms with Crippen LogP contribution in [0.1, 0.15) is 12.5 Å². The van der Waals surface area contributed by atoms with Crippen LogP contribution in [0.2, 0.25) is 10.0 Å². The van der Waals surface area contributed by atoms with Crippen LogP contribution in [-0.4, -0.2) is 54.5 Å². The number of carbonyl (C=O) groups excluding carboxylic acids is 1. The zero-order chi connectivity index (χ0) is 19.9. The third-order valence-corrected chi connectivity index (χ3v) is 5.54. The minimum Gasteiger partial charge on any atom is -0.323 e. The summed E-state index contributed by atoms with van der Waals surface area (Å²) in [5, 5.41) is 3.90. The van der Waals surface area contributed by atoms with E-state index < -0.39 is 0 Å². The summed E-state index contributed by atoms with van der Waals surface area (Å²) in [7, 11) is 0. The molecular formula is C22H25Cl2N3O. The van der Waals surface area contributed by atoms with E-state index in [0.717, 1.165) is 32.7 Å². The fourth-order valence-corrected chi connectivity index (χ4v) is 3.68. The van der Waals surface area contributed by atoms with Crippen LogP contribution >= 0.6 is 23.2 Å². The lowest BCUT2D eigenvalue weighted by Gasteiger charge is -2.37. The van der Waals surface area contributed by atoms with Gasteiger partial charge in [-0.1, -0.05) is 65.7 Å².